The Morgan fingerprint density at radius 3 is 2.70 bits per heavy atom. The van der Waals surface area contributed by atoms with Crippen LogP contribution in [0.25, 0.3) is 0 Å². The van der Waals surface area contributed by atoms with Gasteiger partial charge in [-0.15, -0.1) is 0 Å². The highest BCUT2D eigenvalue weighted by Gasteiger charge is 2.15. The van der Waals surface area contributed by atoms with E-state index in [1.165, 1.54) is 0 Å². The Labute approximate surface area is 121 Å². The quantitative estimate of drug-likeness (QED) is 0.755. The highest BCUT2D eigenvalue weighted by atomic mass is 35.5. The van der Waals surface area contributed by atoms with E-state index in [-0.39, 0.29) is 12.5 Å². The van der Waals surface area contributed by atoms with E-state index in [4.69, 9.17) is 16.3 Å². The van der Waals surface area contributed by atoms with Crippen LogP contribution in [-0.4, -0.2) is 12.5 Å². The van der Waals surface area contributed by atoms with Gasteiger partial charge in [-0.25, -0.2) is 0 Å². The van der Waals surface area contributed by atoms with E-state index < -0.39 is 0 Å². The summed E-state index contributed by atoms with van der Waals surface area (Å²) >= 11 is 5.91. The molecule has 2 aromatic carbocycles. The molecule has 0 saturated carbocycles. The first-order chi connectivity index (χ1) is 9.70. The largest absolute Gasteiger partial charge is 0.482 e. The van der Waals surface area contributed by atoms with Gasteiger partial charge in [0.1, 0.15) is 5.75 Å². The Bertz CT molecular complexity index is 744. The Morgan fingerprint density at radius 1 is 1.10 bits per heavy atom. The summed E-state index contributed by atoms with van der Waals surface area (Å²) in [5, 5.41) is 3.41. The van der Waals surface area contributed by atoms with Crippen LogP contribution in [0.3, 0.4) is 0 Å². The van der Waals surface area contributed by atoms with Gasteiger partial charge in [0.2, 0.25) is 0 Å². The number of nitrogens with one attached hydrogen (secondary N) is 1. The predicted molar refractivity (Wildman–Crippen MR) is 78.0 cm³/mol. The average Bonchev–Trinajstić information content (AvgIpc) is 2.45. The first kappa shape index (κ1) is 12.6. The van der Waals surface area contributed by atoms with Gasteiger partial charge in [0.05, 0.1) is 5.69 Å². The van der Waals surface area contributed by atoms with Gasteiger partial charge in [-0.2, -0.15) is 0 Å². The van der Waals surface area contributed by atoms with Crippen molar-refractivity contribution in [3.8, 4) is 17.6 Å². The summed E-state index contributed by atoms with van der Waals surface area (Å²) in [6.45, 7) is 0.0561. The zero-order chi connectivity index (χ0) is 13.9. The summed E-state index contributed by atoms with van der Waals surface area (Å²) < 4.78 is 5.29. The molecule has 0 atom stereocenters. The molecule has 4 heteroatoms. The Kier molecular flexibility index (Phi) is 3.32. The molecule has 20 heavy (non-hydrogen) atoms. The van der Waals surface area contributed by atoms with Gasteiger partial charge in [-0.05, 0) is 36.4 Å². The minimum atomic E-state index is -0.155. The van der Waals surface area contributed by atoms with Gasteiger partial charge in [0.25, 0.3) is 5.91 Å². The summed E-state index contributed by atoms with van der Waals surface area (Å²) in [6.07, 6.45) is 0. The summed E-state index contributed by atoms with van der Waals surface area (Å²) in [4.78, 5) is 11.3. The molecule has 0 fully saturated rings. The molecule has 1 heterocycles. The van der Waals surface area contributed by atoms with Crippen molar-refractivity contribution in [2.45, 2.75) is 0 Å². The van der Waals surface area contributed by atoms with Crippen LogP contribution >= 0.6 is 11.6 Å². The maximum absolute atomic E-state index is 11.3. The highest BCUT2D eigenvalue weighted by Crippen LogP contribution is 2.28. The van der Waals surface area contributed by atoms with Crippen LogP contribution < -0.4 is 10.1 Å². The topological polar surface area (TPSA) is 38.3 Å². The fourth-order valence-corrected chi connectivity index (χ4v) is 2.06. The number of anilines is 1. The third-order valence-corrected chi connectivity index (χ3v) is 3.02. The molecule has 3 rings (SSSR count). The zero-order valence-electron chi connectivity index (χ0n) is 10.4. The van der Waals surface area contributed by atoms with Crippen LogP contribution in [0.2, 0.25) is 5.02 Å². The second-order valence-corrected chi connectivity index (χ2v) is 4.74. The molecule has 98 valence electrons. The second kappa shape index (κ2) is 5.28. The van der Waals surface area contributed by atoms with E-state index >= 15 is 0 Å². The third kappa shape index (κ3) is 2.76. The molecule has 0 bridgehead atoms. The lowest BCUT2D eigenvalue weighted by atomic mass is 10.1. The monoisotopic (exact) mass is 283 g/mol. The van der Waals surface area contributed by atoms with Crippen LogP contribution in [0.4, 0.5) is 5.69 Å². The van der Waals surface area contributed by atoms with Gasteiger partial charge in [-0.1, -0.05) is 29.5 Å². The molecule has 0 aliphatic carbocycles. The Balaban J connectivity index is 1.89. The summed E-state index contributed by atoms with van der Waals surface area (Å²) in [5.41, 5.74) is 2.30. The summed E-state index contributed by atoms with van der Waals surface area (Å²) in [6, 6.07) is 12.8. The van der Waals surface area contributed by atoms with Crippen molar-refractivity contribution < 1.29 is 9.53 Å². The first-order valence-corrected chi connectivity index (χ1v) is 6.43. The Morgan fingerprint density at radius 2 is 1.90 bits per heavy atom. The molecule has 1 aliphatic rings. The van der Waals surface area contributed by atoms with E-state index in [9.17, 15) is 4.79 Å². The van der Waals surface area contributed by atoms with Crippen molar-refractivity contribution in [2.24, 2.45) is 0 Å². The number of hydrogen-bond acceptors (Lipinski definition) is 2. The molecule has 0 radical (unpaired) electrons. The van der Waals surface area contributed by atoms with Crippen LogP contribution in [0.1, 0.15) is 11.1 Å². The fourth-order valence-electron chi connectivity index (χ4n) is 1.87. The second-order valence-electron chi connectivity index (χ2n) is 4.31. The number of rotatable bonds is 0. The molecule has 1 N–H and O–H groups in total. The predicted octanol–water partition coefficient (Wildman–Crippen LogP) is 3.07. The smallest absolute Gasteiger partial charge is 0.262 e. The Hall–Kier alpha value is -2.44. The van der Waals surface area contributed by atoms with Gasteiger partial charge < -0.3 is 10.1 Å². The average molecular weight is 284 g/mol. The molecule has 0 spiro atoms. The number of fused-ring (bicyclic) bond motifs is 1. The standard InChI is InChI=1S/C16H10ClNO2/c17-13-3-1-2-11(8-13)4-5-12-6-7-15-14(9-12)18-16(19)10-20-15/h1-3,6-9H,10H2,(H,18,19). The van der Waals surface area contributed by atoms with Crippen molar-refractivity contribution >= 4 is 23.2 Å². The van der Waals surface area contributed by atoms with Crippen molar-refractivity contribution in [1.82, 2.24) is 0 Å². The first-order valence-electron chi connectivity index (χ1n) is 6.05. The molecule has 0 saturated heterocycles. The maximum atomic E-state index is 11.3. The number of carbonyl (C=O) groups is 1. The van der Waals surface area contributed by atoms with E-state index in [0.29, 0.717) is 16.5 Å². The van der Waals surface area contributed by atoms with Crippen molar-refractivity contribution in [1.29, 1.82) is 0 Å². The molecular weight excluding hydrogens is 274 g/mol. The lowest BCUT2D eigenvalue weighted by molar-refractivity contribution is -0.118. The van der Waals surface area contributed by atoms with Crippen LogP contribution in [0, 0.1) is 11.8 Å². The third-order valence-electron chi connectivity index (χ3n) is 2.79. The highest BCUT2D eigenvalue weighted by molar-refractivity contribution is 6.30. The summed E-state index contributed by atoms with van der Waals surface area (Å²) in [7, 11) is 0. The van der Waals surface area contributed by atoms with Gasteiger partial charge in [-0.3, -0.25) is 4.79 Å². The molecule has 0 unspecified atom stereocenters. The minimum absolute atomic E-state index is 0.0561. The van der Waals surface area contributed by atoms with E-state index in [1.54, 1.807) is 24.3 Å². The van der Waals surface area contributed by atoms with Crippen LogP contribution in [0.15, 0.2) is 42.5 Å². The van der Waals surface area contributed by atoms with E-state index in [2.05, 4.69) is 17.2 Å². The van der Waals surface area contributed by atoms with Gasteiger partial charge >= 0.3 is 0 Å². The maximum Gasteiger partial charge on any atom is 0.262 e. The number of carbonyl (C=O) groups excluding carboxylic acids is 1. The number of benzene rings is 2. The van der Waals surface area contributed by atoms with Gasteiger partial charge in [0, 0.05) is 16.1 Å². The fraction of sp³-hybridized carbons (Fsp3) is 0.0625. The molecule has 1 amide bonds. The lowest BCUT2D eigenvalue weighted by Crippen LogP contribution is -2.25. The van der Waals surface area contributed by atoms with Crippen molar-refractivity contribution in [2.75, 3.05) is 11.9 Å². The SMILES string of the molecule is O=C1COc2ccc(C#Cc3cccc(Cl)c3)cc2N1. The van der Waals surface area contributed by atoms with Crippen molar-refractivity contribution in [3.05, 3.63) is 58.6 Å². The lowest BCUT2D eigenvalue weighted by Gasteiger charge is -2.17. The van der Waals surface area contributed by atoms with E-state index in [0.717, 1.165) is 11.1 Å². The van der Waals surface area contributed by atoms with E-state index in [1.807, 2.05) is 18.2 Å². The van der Waals surface area contributed by atoms with Crippen LogP contribution in [0.5, 0.6) is 5.75 Å². The number of halogens is 1. The molecule has 0 aromatic heterocycles. The zero-order valence-corrected chi connectivity index (χ0v) is 11.2. The summed E-state index contributed by atoms with van der Waals surface area (Å²) in [5.74, 6) is 6.58. The molecular formula is C16H10ClNO2. The number of hydrogen-bond donors (Lipinski definition) is 1. The molecule has 3 nitrogen and oxygen atoms in total. The molecule has 1 aliphatic heterocycles. The minimum Gasteiger partial charge on any atom is -0.482 e. The van der Waals surface area contributed by atoms with Gasteiger partial charge in [0.15, 0.2) is 6.61 Å². The molecule has 2 aromatic rings. The number of ether oxygens (including phenoxy) is 1. The number of amides is 1. The van der Waals surface area contributed by atoms with Crippen molar-refractivity contribution in [3.63, 3.8) is 0 Å². The normalized spacial score (nSPS) is 12.6. The van der Waals surface area contributed by atoms with Crippen LogP contribution in [-0.2, 0) is 4.79 Å².